The number of halogens is 1. The fourth-order valence-corrected chi connectivity index (χ4v) is 2.25. The molecule has 0 amide bonds. The molecule has 3 unspecified atom stereocenters. The number of nitrogens with two attached hydrogens (primary N) is 1. The molecule has 0 aliphatic rings. The van der Waals surface area contributed by atoms with Gasteiger partial charge >= 0.3 is 0 Å². The van der Waals surface area contributed by atoms with E-state index in [2.05, 4.69) is 18.7 Å². The minimum atomic E-state index is -0.165. The van der Waals surface area contributed by atoms with Gasteiger partial charge in [-0.05, 0) is 32.9 Å². The fourth-order valence-electron chi connectivity index (χ4n) is 2.25. The Labute approximate surface area is 110 Å². The van der Waals surface area contributed by atoms with E-state index in [1.54, 1.807) is 6.07 Å². The summed E-state index contributed by atoms with van der Waals surface area (Å²) in [6.07, 6.45) is 1.86. The molecule has 18 heavy (non-hydrogen) atoms. The lowest BCUT2D eigenvalue weighted by Gasteiger charge is -2.36. The van der Waals surface area contributed by atoms with Crippen molar-refractivity contribution in [3.8, 4) is 0 Å². The zero-order chi connectivity index (χ0) is 13.7. The molecule has 2 N–H and O–H groups in total. The molecule has 1 aromatic rings. The van der Waals surface area contributed by atoms with Crippen molar-refractivity contribution in [2.75, 3.05) is 7.05 Å². The van der Waals surface area contributed by atoms with Crippen LogP contribution in [0.5, 0.6) is 0 Å². The molecule has 0 saturated carbocycles. The number of likely N-dealkylation sites (N-methyl/N-ethyl adjacent to an activating group) is 1. The van der Waals surface area contributed by atoms with Gasteiger partial charge in [0.1, 0.15) is 5.82 Å². The Balaban J connectivity index is 3.10. The highest BCUT2D eigenvalue weighted by atomic mass is 19.1. The molecular weight excluding hydrogens is 227 g/mol. The van der Waals surface area contributed by atoms with E-state index in [0.717, 1.165) is 12.8 Å². The van der Waals surface area contributed by atoms with Crippen LogP contribution >= 0.6 is 0 Å². The Kier molecular flexibility index (Phi) is 5.76. The summed E-state index contributed by atoms with van der Waals surface area (Å²) in [5, 5.41) is 0. The van der Waals surface area contributed by atoms with E-state index in [-0.39, 0.29) is 17.9 Å². The first-order chi connectivity index (χ1) is 8.52. The molecular formula is C15H25FN2. The van der Waals surface area contributed by atoms with Crippen LogP contribution in [-0.2, 0) is 0 Å². The van der Waals surface area contributed by atoms with Gasteiger partial charge in [0.2, 0.25) is 0 Å². The van der Waals surface area contributed by atoms with Crippen LogP contribution in [0, 0.1) is 5.82 Å². The van der Waals surface area contributed by atoms with Crippen LogP contribution in [0.1, 0.15) is 45.2 Å². The quantitative estimate of drug-likeness (QED) is 0.841. The highest BCUT2D eigenvalue weighted by Crippen LogP contribution is 2.28. The summed E-state index contributed by atoms with van der Waals surface area (Å²) in [6.45, 7) is 6.33. The Morgan fingerprint density at radius 2 is 1.83 bits per heavy atom. The van der Waals surface area contributed by atoms with Crippen molar-refractivity contribution in [2.45, 2.75) is 51.7 Å². The Morgan fingerprint density at radius 1 is 1.22 bits per heavy atom. The van der Waals surface area contributed by atoms with E-state index in [9.17, 15) is 4.39 Å². The smallest absolute Gasteiger partial charge is 0.128 e. The molecule has 2 nitrogen and oxygen atoms in total. The maximum Gasteiger partial charge on any atom is 0.128 e. The minimum Gasteiger partial charge on any atom is -0.326 e. The molecule has 0 aromatic heterocycles. The average Bonchev–Trinajstić information content (AvgIpc) is 2.39. The van der Waals surface area contributed by atoms with Crippen molar-refractivity contribution in [3.63, 3.8) is 0 Å². The van der Waals surface area contributed by atoms with Gasteiger partial charge in [-0.3, -0.25) is 4.90 Å². The second-order valence-corrected chi connectivity index (χ2v) is 4.96. The van der Waals surface area contributed by atoms with Crippen molar-refractivity contribution in [2.24, 2.45) is 5.73 Å². The van der Waals surface area contributed by atoms with Crippen molar-refractivity contribution < 1.29 is 4.39 Å². The maximum atomic E-state index is 14.0. The number of nitrogens with zero attached hydrogens (tertiary/aromatic N) is 1. The average molecular weight is 252 g/mol. The zero-order valence-corrected chi connectivity index (χ0v) is 11.9. The largest absolute Gasteiger partial charge is 0.326 e. The van der Waals surface area contributed by atoms with Crippen molar-refractivity contribution >= 4 is 0 Å². The lowest BCUT2D eigenvalue weighted by atomic mass is 9.94. The highest BCUT2D eigenvalue weighted by molar-refractivity contribution is 5.23. The molecule has 0 fully saturated rings. The van der Waals surface area contributed by atoms with Gasteiger partial charge < -0.3 is 5.73 Å². The Morgan fingerprint density at radius 3 is 2.33 bits per heavy atom. The molecule has 0 saturated heterocycles. The normalized spacial score (nSPS) is 16.6. The standard InChI is InChI=1S/C15H25FN2/c1-5-11(3)18(4)15(14(17)6-2)12-9-7-8-10-13(12)16/h7-11,14-15H,5-6,17H2,1-4H3. The van der Waals surface area contributed by atoms with E-state index in [0.29, 0.717) is 11.6 Å². The third-order valence-electron chi connectivity index (χ3n) is 3.83. The van der Waals surface area contributed by atoms with Gasteiger partial charge in [0.05, 0.1) is 6.04 Å². The monoisotopic (exact) mass is 252 g/mol. The molecule has 1 rings (SSSR count). The maximum absolute atomic E-state index is 14.0. The lowest BCUT2D eigenvalue weighted by molar-refractivity contribution is 0.151. The van der Waals surface area contributed by atoms with E-state index >= 15 is 0 Å². The second kappa shape index (κ2) is 6.86. The minimum absolute atomic E-state index is 0.0547. The van der Waals surface area contributed by atoms with Crippen LogP contribution in [0.4, 0.5) is 4.39 Å². The van der Waals surface area contributed by atoms with Gasteiger partial charge in [0, 0.05) is 17.6 Å². The van der Waals surface area contributed by atoms with Gasteiger partial charge in [-0.25, -0.2) is 4.39 Å². The van der Waals surface area contributed by atoms with Gasteiger partial charge in [-0.2, -0.15) is 0 Å². The molecule has 102 valence electrons. The molecule has 0 bridgehead atoms. The lowest BCUT2D eigenvalue weighted by Crippen LogP contribution is -2.43. The first-order valence-electron chi connectivity index (χ1n) is 6.74. The van der Waals surface area contributed by atoms with Gasteiger partial charge in [0.15, 0.2) is 0 Å². The Bertz CT molecular complexity index is 367. The third-order valence-corrected chi connectivity index (χ3v) is 3.83. The van der Waals surface area contributed by atoms with Crippen LogP contribution < -0.4 is 5.73 Å². The molecule has 3 heteroatoms. The number of hydrogen-bond acceptors (Lipinski definition) is 2. The van der Waals surface area contributed by atoms with Crippen molar-refractivity contribution in [3.05, 3.63) is 35.6 Å². The predicted octanol–water partition coefficient (Wildman–Crippen LogP) is 3.33. The highest BCUT2D eigenvalue weighted by Gasteiger charge is 2.27. The number of rotatable bonds is 6. The summed E-state index contributed by atoms with van der Waals surface area (Å²) in [4.78, 5) is 2.19. The van der Waals surface area contributed by atoms with Crippen molar-refractivity contribution in [1.29, 1.82) is 0 Å². The Hall–Kier alpha value is -0.930. The first kappa shape index (κ1) is 15.1. The van der Waals surface area contributed by atoms with E-state index in [4.69, 9.17) is 5.73 Å². The third kappa shape index (κ3) is 3.30. The molecule has 0 radical (unpaired) electrons. The molecule has 0 heterocycles. The summed E-state index contributed by atoms with van der Waals surface area (Å²) in [5.41, 5.74) is 6.91. The van der Waals surface area contributed by atoms with Gasteiger partial charge in [-0.1, -0.05) is 32.0 Å². The molecule has 1 aromatic carbocycles. The van der Waals surface area contributed by atoms with Crippen LogP contribution in [0.2, 0.25) is 0 Å². The molecule has 0 aliphatic heterocycles. The number of hydrogen-bond donors (Lipinski definition) is 1. The molecule has 3 atom stereocenters. The SMILES string of the molecule is CCC(N)C(c1ccccc1F)N(C)C(C)CC. The van der Waals surface area contributed by atoms with Gasteiger partial charge in [-0.15, -0.1) is 0 Å². The second-order valence-electron chi connectivity index (χ2n) is 4.96. The first-order valence-corrected chi connectivity index (χ1v) is 6.74. The van der Waals surface area contributed by atoms with Crippen LogP contribution in [0.3, 0.4) is 0 Å². The summed E-state index contributed by atoms with van der Waals surface area (Å²) in [6, 6.07) is 7.21. The molecule has 0 aliphatic carbocycles. The topological polar surface area (TPSA) is 29.3 Å². The summed E-state index contributed by atoms with van der Waals surface area (Å²) < 4.78 is 14.0. The summed E-state index contributed by atoms with van der Waals surface area (Å²) in [5.74, 6) is -0.165. The van der Waals surface area contributed by atoms with E-state index in [1.165, 1.54) is 6.07 Å². The van der Waals surface area contributed by atoms with Crippen LogP contribution in [0.15, 0.2) is 24.3 Å². The summed E-state index contributed by atoms with van der Waals surface area (Å²) in [7, 11) is 2.03. The van der Waals surface area contributed by atoms with Crippen LogP contribution in [-0.4, -0.2) is 24.0 Å². The molecule has 0 spiro atoms. The van der Waals surface area contributed by atoms with E-state index in [1.807, 2.05) is 26.1 Å². The summed E-state index contributed by atoms with van der Waals surface area (Å²) >= 11 is 0. The van der Waals surface area contributed by atoms with Crippen LogP contribution in [0.25, 0.3) is 0 Å². The predicted molar refractivity (Wildman–Crippen MR) is 74.9 cm³/mol. The van der Waals surface area contributed by atoms with Gasteiger partial charge in [0.25, 0.3) is 0 Å². The fraction of sp³-hybridized carbons (Fsp3) is 0.600. The van der Waals surface area contributed by atoms with E-state index < -0.39 is 0 Å². The zero-order valence-electron chi connectivity index (χ0n) is 11.9. The number of benzene rings is 1. The van der Waals surface area contributed by atoms with Crippen molar-refractivity contribution in [1.82, 2.24) is 4.90 Å².